The zero-order valence-corrected chi connectivity index (χ0v) is 20.6. The van der Waals surface area contributed by atoms with Gasteiger partial charge in [-0.1, -0.05) is 119 Å². The second-order valence-corrected chi connectivity index (χ2v) is 13.0. The summed E-state index contributed by atoms with van der Waals surface area (Å²) in [5.41, 5.74) is 4.80. The van der Waals surface area contributed by atoms with Crippen molar-refractivity contribution in [2.45, 2.75) is 75.5 Å². The first-order chi connectivity index (χ1) is 16.4. The molecule has 0 radical (unpaired) electrons. The molecule has 0 aliphatic heterocycles. The lowest BCUT2D eigenvalue weighted by atomic mass is 9.93. The average molecular weight is 451 g/mol. The fourth-order valence-electron chi connectivity index (χ4n) is 6.61. The van der Waals surface area contributed by atoms with E-state index in [-0.39, 0.29) is 7.92 Å². The molecule has 33 heavy (non-hydrogen) atoms. The van der Waals surface area contributed by atoms with Gasteiger partial charge in [-0.05, 0) is 81.0 Å². The van der Waals surface area contributed by atoms with Crippen LogP contribution in [0.1, 0.15) is 64.2 Å². The predicted molar refractivity (Wildman–Crippen MR) is 147 cm³/mol. The van der Waals surface area contributed by atoms with E-state index in [4.69, 9.17) is 0 Å². The Bertz CT molecular complexity index is 1230. The van der Waals surface area contributed by atoms with Crippen LogP contribution in [-0.4, -0.2) is 11.3 Å². The van der Waals surface area contributed by atoms with Gasteiger partial charge in [-0.15, -0.1) is 0 Å². The maximum atomic E-state index is 2.52. The molecule has 2 fully saturated rings. The van der Waals surface area contributed by atoms with Crippen molar-refractivity contribution >= 4 is 34.8 Å². The summed E-state index contributed by atoms with van der Waals surface area (Å²) in [4.78, 5) is 0. The smallest absolute Gasteiger partial charge is 0.00926 e. The topological polar surface area (TPSA) is 0 Å². The fraction of sp³-hybridized carbons (Fsp3) is 0.375. The van der Waals surface area contributed by atoms with Crippen molar-refractivity contribution in [3.8, 4) is 11.1 Å². The van der Waals surface area contributed by atoms with E-state index in [1.807, 2.05) is 0 Å². The first kappa shape index (κ1) is 21.4. The Morgan fingerprint density at radius 3 is 1.73 bits per heavy atom. The third-order valence-electron chi connectivity index (χ3n) is 8.18. The lowest BCUT2D eigenvalue weighted by molar-refractivity contribution is 0.487. The number of rotatable bonds is 4. The molecule has 0 atom stereocenters. The molecule has 2 saturated carbocycles. The van der Waals surface area contributed by atoms with Gasteiger partial charge < -0.3 is 0 Å². The van der Waals surface area contributed by atoms with Crippen molar-refractivity contribution in [2.75, 3.05) is 0 Å². The summed E-state index contributed by atoms with van der Waals surface area (Å²) in [5, 5.41) is 7.23. The van der Waals surface area contributed by atoms with E-state index in [2.05, 4.69) is 78.9 Å². The molecule has 0 unspecified atom stereocenters. The van der Waals surface area contributed by atoms with Crippen LogP contribution in [0.25, 0.3) is 32.7 Å². The number of hydrogen-bond acceptors (Lipinski definition) is 0. The van der Waals surface area contributed by atoms with Gasteiger partial charge in [0.05, 0.1) is 0 Å². The van der Waals surface area contributed by atoms with Gasteiger partial charge in [0.15, 0.2) is 0 Å². The molecule has 0 saturated heterocycles. The van der Waals surface area contributed by atoms with Gasteiger partial charge in [0.1, 0.15) is 0 Å². The van der Waals surface area contributed by atoms with Crippen LogP contribution in [0.5, 0.6) is 0 Å². The van der Waals surface area contributed by atoms with Crippen molar-refractivity contribution in [2.24, 2.45) is 0 Å². The molecule has 0 nitrogen and oxygen atoms in total. The maximum Gasteiger partial charge on any atom is -0.00926 e. The standard InChI is InChI=1S/C32H35P/c1-3-14-25(15-4-1)33(26-16-5-2-6-17-26)32-22-12-11-21-30(32)31-23-24-13-7-8-18-27(24)28-19-9-10-20-29(28)31/h7-13,18-23,25-26H,1-6,14-17H2. The first-order valence-electron chi connectivity index (χ1n) is 13.2. The molecule has 4 aromatic carbocycles. The molecule has 2 aliphatic carbocycles. The van der Waals surface area contributed by atoms with Crippen molar-refractivity contribution in [1.82, 2.24) is 0 Å². The summed E-state index contributed by atoms with van der Waals surface area (Å²) < 4.78 is 0. The Morgan fingerprint density at radius 1 is 0.485 bits per heavy atom. The van der Waals surface area contributed by atoms with Gasteiger partial charge in [-0.2, -0.15) is 0 Å². The minimum absolute atomic E-state index is 0.135. The molecular weight excluding hydrogens is 415 g/mol. The third-order valence-corrected chi connectivity index (χ3v) is 11.7. The molecule has 6 rings (SSSR count). The van der Waals surface area contributed by atoms with Crippen LogP contribution >= 0.6 is 7.92 Å². The van der Waals surface area contributed by atoms with Crippen LogP contribution in [0.2, 0.25) is 0 Å². The Hall–Kier alpha value is -2.17. The minimum atomic E-state index is -0.135. The van der Waals surface area contributed by atoms with Crippen LogP contribution in [0.4, 0.5) is 0 Å². The number of benzene rings is 4. The van der Waals surface area contributed by atoms with Gasteiger partial charge in [-0.3, -0.25) is 0 Å². The molecular formula is C32H35P. The van der Waals surface area contributed by atoms with Crippen LogP contribution in [0.3, 0.4) is 0 Å². The normalized spacial score (nSPS) is 18.3. The second kappa shape index (κ2) is 9.60. The van der Waals surface area contributed by atoms with Crippen molar-refractivity contribution in [3.05, 3.63) is 78.9 Å². The van der Waals surface area contributed by atoms with E-state index in [0.29, 0.717) is 0 Å². The summed E-state index contributed by atoms with van der Waals surface area (Å²) in [6.45, 7) is 0. The molecule has 4 aromatic rings. The van der Waals surface area contributed by atoms with Gasteiger partial charge in [0.2, 0.25) is 0 Å². The number of hydrogen-bond donors (Lipinski definition) is 0. The lowest BCUT2D eigenvalue weighted by Gasteiger charge is -2.39. The summed E-state index contributed by atoms with van der Waals surface area (Å²) >= 11 is 0. The molecule has 0 amide bonds. The van der Waals surface area contributed by atoms with Crippen molar-refractivity contribution in [1.29, 1.82) is 0 Å². The Kier molecular flexibility index (Phi) is 6.21. The van der Waals surface area contributed by atoms with Crippen molar-refractivity contribution < 1.29 is 0 Å². The van der Waals surface area contributed by atoms with E-state index in [1.54, 1.807) is 5.30 Å². The second-order valence-electron chi connectivity index (χ2n) is 10.2. The molecule has 0 spiro atoms. The number of fused-ring (bicyclic) bond motifs is 3. The highest BCUT2D eigenvalue weighted by Crippen LogP contribution is 2.56. The summed E-state index contributed by atoms with van der Waals surface area (Å²) in [7, 11) is -0.135. The molecule has 0 bridgehead atoms. The van der Waals surface area contributed by atoms with E-state index in [9.17, 15) is 0 Å². The van der Waals surface area contributed by atoms with E-state index in [0.717, 1.165) is 11.3 Å². The summed E-state index contributed by atoms with van der Waals surface area (Å²) in [6, 6.07) is 30.0. The molecule has 1 heteroatoms. The molecule has 0 heterocycles. The predicted octanol–water partition coefficient (Wildman–Crippen LogP) is 9.43. The molecule has 0 aromatic heterocycles. The van der Waals surface area contributed by atoms with Gasteiger partial charge in [0.25, 0.3) is 0 Å². The monoisotopic (exact) mass is 450 g/mol. The summed E-state index contributed by atoms with van der Waals surface area (Å²) in [6.07, 6.45) is 14.5. The lowest BCUT2D eigenvalue weighted by Crippen LogP contribution is -2.27. The minimum Gasteiger partial charge on any atom is -0.0683 e. The zero-order chi connectivity index (χ0) is 22.0. The first-order valence-corrected chi connectivity index (χ1v) is 14.7. The maximum absolute atomic E-state index is 2.52. The van der Waals surface area contributed by atoms with Crippen LogP contribution in [-0.2, 0) is 0 Å². The quantitative estimate of drug-likeness (QED) is 0.214. The van der Waals surface area contributed by atoms with Gasteiger partial charge in [-0.25, -0.2) is 0 Å². The molecule has 0 N–H and O–H groups in total. The summed E-state index contributed by atoms with van der Waals surface area (Å²) in [5.74, 6) is 0. The zero-order valence-electron chi connectivity index (χ0n) is 19.7. The Morgan fingerprint density at radius 2 is 1.03 bits per heavy atom. The van der Waals surface area contributed by atoms with E-state index < -0.39 is 0 Å². The Balaban J connectivity index is 1.55. The third kappa shape index (κ3) is 4.13. The average Bonchev–Trinajstić information content (AvgIpc) is 2.90. The highest BCUT2D eigenvalue weighted by Gasteiger charge is 2.33. The Labute approximate surface area is 200 Å². The van der Waals surface area contributed by atoms with Crippen LogP contribution in [0, 0.1) is 0 Å². The van der Waals surface area contributed by atoms with Gasteiger partial charge >= 0.3 is 0 Å². The van der Waals surface area contributed by atoms with Crippen LogP contribution < -0.4 is 5.30 Å². The van der Waals surface area contributed by atoms with Crippen molar-refractivity contribution in [3.63, 3.8) is 0 Å². The highest BCUT2D eigenvalue weighted by atomic mass is 31.1. The molecule has 168 valence electrons. The molecule has 2 aliphatic rings. The van der Waals surface area contributed by atoms with Crippen LogP contribution in [0.15, 0.2) is 78.9 Å². The SMILES string of the molecule is c1ccc(P(C2CCCCC2)C2CCCCC2)c(-c2cc3ccccc3c3ccccc23)c1. The van der Waals surface area contributed by atoms with Gasteiger partial charge in [0, 0.05) is 0 Å². The largest absolute Gasteiger partial charge is 0.0683 e. The van der Waals surface area contributed by atoms with E-state index >= 15 is 0 Å². The highest BCUT2D eigenvalue weighted by molar-refractivity contribution is 7.67. The van der Waals surface area contributed by atoms with E-state index in [1.165, 1.54) is 96.9 Å². The fourth-order valence-corrected chi connectivity index (χ4v) is 10.6.